The van der Waals surface area contributed by atoms with Crippen LogP contribution >= 0.6 is 0 Å². The molecule has 2 aromatic rings. The van der Waals surface area contributed by atoms with Crippen LogP contribution in [0.15, 0.2) is 59.5 Å². The van der Waals surface area contributed by atoms with Crippen molar-refractivity contribution >= 4 is 15.8 Å². The fraction of sp³-hybridized carbons (Fsp3) is 0.125. The van der Waals surface area contributed by atoms with Gasteiger partial charge in [-0.3, -0.25) is 0 Å². The maximum atomic E-state index is 12.2. The predicted molar refractivity (Wildman–Crippen MR) is 82.5 cm³/mol. The van der Waals surface area contributed by atoms with Gasteiger partial charge in [-0.25, -0.2) is 5.48 Å². The largest absolute Gasteiger partial charge is 0.489 e. The van der Waals surface area contributed by atoms with Crippen molar-refractivity contribution in [2.45, 2.75) is 11.8 Å². The second-order valence-corrected chi connectivity index (χ2v) is 6.42. The molecule has 0 unspecified atom stereocenters. The Labute approximate surface area is 129 Å². The molecule has 0 spiro atoms. The second-order valence-electron chi connectivity index (χ2n) is 4.88. The molecule has 2 aromatic carbocycles. The summed E-state index contributed by atoms with van der Waals surface area (Å²) in [6.07, 6.45) is 1.73. The number of nitrogens with one attached hydrogen (secondary N) is 1. The molecule has 114 valence electrons. The number of rotatable bonds is 4. The van der Waals surface area contributed by atoms with Crippen LogP contribution in [0.5, 0.6) is 5.75 Å². The lowest BCUT2D eigenvalue weighted by Gasteiger charge is -2.19. The molecule has 1 N–H and O–H groups in total. The third-order valence-electron chi connectivity index (χ3n) is 3.27. The number of hydroxylamine groups is 1. The van der Waals surface area contributed by atoms with Crippen LogP contribution in [-0.2, 0) is 14.4 Å². The Morgan fingerprint density at radius 3 is 2.59 bits per heavy atom. The van der Waals surface area contributed by atoms with E-state index in [4.69, 9.17) is 9.02 Å². The normalized spacial score (nSPS) is 13.8. The predicted octanol–water partition coefficient (Wildman–Crippen LogP) is 2.64. The molecule has 3 rings (SSSR count). The lowest BCUT2D eigenvalue weighted by atomic mass is 10.1. The van der Waals surface area contributed by atoms with Crippen molar-refractivity contribution in [2.24, 2.45) is 0 Å². The Morgan fingerprint density at radius 2 is 1.82 bits per heavy atom. The fourth-order valence-corrected chi connectivity index (χ4v) is 2.85. The molecule has 1 aliphatic heterocycles. The molecule has 0 radical (unpaired) electrons. The van der Waals surface area contributed by atoms with Crippen LogP contribution in [0.2, 0.25) is 0 Å². The monoisotopic (exact) mass is 317 g/mol. The molecule has 5 nitrogen and oxygen atoms in total. The van der Waals surface area contributed by atoms with Crippen molar-refractivity contribution in [1.29, 1.82) is 0 Å². The van der Waals surface area contributed by atoms with Gasteiger partial charge in [-0.2, -0.15) is 8.42 Å². The highest BCUT2D eigenvalue weighted by atomic mass is 32.2. The fourth-order valence-electron chi connectivity index (χ4n) is 2.09. The van der Waals surface area contributed by atoms with Crippen molar-refractivity contribution in [2.75, 3.05) is 6.61 Å². The molecule has 0 aliphatic carbocycles. The average Bonchev–Trinajstić information content (AvgIpc) is 2.53. The Balaban J connectivity index is 1.78. The minimum atomic E-state index is -3.87. The summed E-state index contributed by atoms with van der Waals surface area (Å²) in [6, 6.07) is 13.8. The average molecular weight is 317 g/mol. The van der Waals surface area contributed by atoms with Crippen molar-refractivity contribution in [3.05, 3.63) is 65.7 Å². The summed E-state index contributed by atoms with van der Waals surface area (Å²) in [7, 11) is -3.87. The zero-order valence-corrected chi connectivity index (χ0v) is 12.8. The van der Waals surface area contributed by atoms with Crippen molar-refractivity contribution in [3.8, 4) is 5.75 Å². The van der Waals surface area contributed by atoms with Crippen molar-refractivity contribution < 1.29 is 17.4 Å². The minimum Gasteiger partial charge on any atom is -0.489 e. The number of aryl methyl sites for hydroxylation is 1. The standard InChI is InChI=1S/C16H15NO4S/c1-12-6-8-13(9-7-12)22(18,19)21-17-15-10-11-20-16-5-3-2-4-14(15)16/h2-10,17H,11H2,1H3. The van der Waals surface area contributed by atoms with Gasteiger partial charge < -0.3 is 4.74 Å². The highest BCUT2D eigenvalue weighted by Gasteiger charge is 2.19. The first-order chi connectivity index (χ1) is 10.6. The van der Waals surface area contributed by atoms with Gasteiger partial charge in [0, 0.05) is 5.56 Å². The van der Waals surface area contributed by atoms with Crippen LogP contribution in [0.1, 0.15) is 11.1 Å². The molecular weight excluding hydrogens is 302 g/mol. The van der Waals surface area contributed by atoms with Crippen molar-refractivity contribution in [3.63, 3.8) is 0 Å². The van der Waals surface area contributed by atoms with E-state index in [1.807, 2.05) is 31.2 Å². The third kappa shape index (κ3) is 2.98. The quantitative estimate of drug-likeness (QED) is 0.878. The van der Waals surface area contributed by atoms with Crippen LogP contribution < -0.4 is 10.2 Å². The number of para-hydroxylation sites is 1. The van der Waals surface area contributed by atoms with Crippen LogP contribution in [0.3, 0.4) is 0 Å². The van der Waals surface area contributed by atoms with Gasteiger partial charge in [0.25, 0.3) is 0 Å². The molecule has 1 heterocycles. The number of fused-ring (bicyclic) bond motifs is 1. The van der Waals surface area contributed by atoms with Gasteiger partial charge in [-0.1, -0.05) is 29.8 Å². The molecule has 0 bridgehead atoms. The van der Waals surface area contributed by atoms with Gasteiger partial charge in [-0.15, -0.1) is 4.28 Å². The second kappa shape index (κ2) is 5.82. The van der Waals surface area contributed by atoms with E-state index in [-0.39, 0.29) is 4.90 Å². The topological polar surface area (TPSA) is 64.6 Å². The zero-order valence-electron chi connectivity index (χ0n) is 11.9. The summed E-state index contributed by atoms with van der Waals surface area (Å²) in [5, 5.41) is 0. The van der Waals surface area contributed by atoms with Gasteiger partial charge in [0.1, 0.15) is 12.4 Å². The van der Waals surface area contributed by atoms with Crippen LogP contribution in [-0.4, -0.2) is 15.0 Å². The number of hydrogen-bond donors (Lipinski definition) is 1. The molecule has 1 aliphatic rings. The Morgan fingerprint density at radius 1 is 1.09 bits per heavy atom. The van der Waals surface area contributed by atoms with E-state index in [0.29, 0.717) is 18.1 Å². The van der Waals surface area contributed by atoms with E-state index < -0.39 is 10.1 Å². The summed E-state index contributed by atoms with van der Waals surface area (Å²) >= 11 is 0. The summed E-state index contributed by atoms with van der Waals surface area (Å²) < 4.78 is 34.7. The van der Waals surface area contributed by atoms with Crippen molar-refractivity contribution in [1.82, 2.24) is 5.48 Å². The summed E-state index contributed by atoms with van der Waals surface area (Å²) in [5.74, 6) is 0.684. The van der Waals surface area contributed by atoms with E-state index in [1.54, 1.807) is 18.2 Å². The van der Waals surface area contributed by atoms with Gasteiger partial charge in [0.2, 0.25) is 0 Å². The lowest BCUT2D eigenvalue weighted by molar-refractivity contribution is 0.254. The lowest BCUT2D eigenvalue weighted by Crippen LogP contribution is -2.21. The van der Waals surface area contributed by atoms with Gasteiger partial charge in [-0.05, 0) is 37.3 Å². The summed E-state index contributed by atoms with van der Waals surface area (Å²) in [5.41, 5.74) is 4.83. The van der Waals surface area contributed by atoms with E-state index >= 15 is 0 Å². The van der Waals surface area contributed by atoms with Gasteiger partial charge in [0.05, 0.1) is 10.6 Å². The first-order valence-electron chi connectivity index (χ1n) is 6.75. The van der Waals surface area contributed by atoms with Gasteiger partial charge in [0.15, 0.2) is 0 Å². The Kier molecular flexibility index (Phi) is 3.87. The van der Waals surface area contributed by atoms with E-state index in [2.05, 4.69) is 5.48 Å². The van der Waals surface area contributed by atoms with E-state index in [9.17, 15) is 8.42 Å². The summed E-state index contributed by atoms with van der Waals surface area (Å²) in [6.45, 7) is 2.24. The molecular formula is C16H15NO4S. The third-order valence-corrected chi connectivity index (χ3v) is 4.43. The molecule has 0 saturated carbocycles. The Bertz CT molecular complexity index is 810. The maximum Gasteiger partial charge on any atom is 0.317 e. The molecule has 0 atom stereocenters. The molecule has 22 heavy (non-hydrogen) atoms. The van der Waals surface area contributed by atoms with Crippen LogP contribution in [0.25, 0.3) is 5.70 Å². The Hall–Kier alpha value is -2.31. The molecule has 0 aromatic heterocycles. The minimum absolute atomic E-state index is 0.103. The highest BCUT2D eigenvalue weighted by molar-refractivity contribution is 7.86. The molecule has 0 fully saturated rings. The van der Waals surface area contributed by atoms with E-state index in [1.165, 1.54) is 12.1 Å². The van der Waals surface area contributed by atoms with Gasteiger partial charge >= 0.3 is 10.1 Å². The SMILES string of the molecule is Cc1ccc(S(=O)(=O)ONC2=CCOc3ccccc32)cc1. The first-order valence-corrected chi connectivity index (χ1v) is 8.15. The highest BCUT2D eigenvalue weighted by Crippen LogP contribution is 2.28. The smallest absolute Gasteiger partial charge is 0.317 e. The van der Waals surface area contributed by atoms with Crippen LogP contribution in [0, 0.1) is 6.92 Å². The first kappa shape index (κ1) is 14.6. The number of ether oxygens (including phenoxy) is 1. The number of hydrogen-bond acceptors (Lipinski definition) is 5. The zero-order chi connectivity index (χ0) is 15.6. The van der Waals surface area contributed by atoms with Crippen LogP contribution in [0.4, 0.5) is 0 Å². The summed E-state index contributed by atoms with van der Waals surface area (Å²) in [4.78, 5) is 0.103. The molecule has 0 saturated heterocycles. The molecule has 0 amide bonds. The maximum absolute atomic E-state index is 12.2. The van der Waals surface area contributed by atoms with E-state index in [0.717, 1.165) is 11.1 Å². The molecule has 6 heteroatoms. The number of benzene rings is 2.